The van der Waals surface area contributed by atoms with Crippen molar-refractivity contribution in [2.75, 3.05) is 0 Å². The molecular weight excluding hydrogens is 823 g/mol. The third-order valence-corrected chi connectivity index (χ3v) is 12.3. The highest BCUT2D eigenvalue weighted by atomic mass is 80.0. The van der Waals surface area contributed by atoms with Crippen LogP contribution in [-0.4, -0.2) is 7.25 Å². The smallest absolute Gasteiger partial charge is 0.164 e. The topological polar surface area (TPSA) is 20.2 Å². The molecule has 0 atom stereocenters. The largest absolute Gasteiger partial charge is 0.506 e. The Morgan fingerprint density at radius 2 is 1.26 bits per heavy atom. The number of phenols is 1. The Balaban J connectivity index is 2.89. The number of hydrogen-bond acceptors (Lipinski definition) is 1. The van der Waals surface area contributed by atoms with Crippen LogP contribution in [0.3, 0.4) is 0 Å². The SMILES string of the molecule is Oc1c(Br)c(-c2ccccc2)c(Br)c(C(Br)(Br)C(Br)(Br)Br)c1Br. The first-order valence-electron chi connectivity index (χ1n) is 5.90. The van der Waals surface area contributed by atoms with Crippen molar-refractivity contribution in [2.45, 2.75) is 5.38 Å². The lowest BCUT2D eigenvalue weighted by atomic mass is 10.0. The molecule has 1 nitrogen and oxygen atoms in total. The Morgan fingerprint density at radius 1 is 0.739 bits per heavy atom. The first kappa shape index (κ1) is 21.4. The maximum Gasteiger partial charge on any atom is 0.164 e. The second kappa shape index (κ2) is 7.98. The minimum atomic E-state index is -0.785. The maximum absolute atomic E-state index is 10.6. The summed E-state index contributed by atoms with van der Waals surface area (Å²) < 4.78 is 0.474. The molecular formula is C14H6Br8O. The van der Waals surface area contributed by atoms with Crippen LogP contribution in [0.5, 0.6) is 5.75 Å². The van der Waals surface area contributed by atoms with E-state index in [9.17, 15) is 5.11 Å². The molecule has 0 aliphatic carbocycles. The minimum absolute atomic E-state index is 0.113. The molecule has 0 aliphatic heterocycles. The summed E-state index contributed by atoms with van der Waals surface area (Å²) in [4.78, 5) is 0. The Labute approximate surface area is 201 Å². The van der Waals surface area contributed by atoms with Gasteiger partial charge in [0.15, 0.2) is 2.14 Å². The molecule has 0 aliphatic rings. The third-order valence-electron chi connectivity index (χ3n) is 3.03. The molecule has 1 N–H and O–H groups in total. The normalized spacial score (nSPS) is 12.5. The number of hydrogen-bond donors (Lipinski definition) is 1. The summed E-state index contributed by atoms with van der Waals surface area (Å²) in [5.41, 5.74) is 2.58. The Bertz CT molecular complexity index is 737. The number of aromatic hydroxyl groups is 1. The average molecular weight is 829 g/mol. The first-order valence-corrected chi connectivity index (χ1v) is 12.2. The van der Waals surface area contributed by atoms with E-state index in [1.54, 1.807) is 0 Å². The van der Waals surface area contributed by atoms with Crippen LogP contribution in [0.1, 0.15) is 5.56 Å². The predicted molar refractivity (Wildman–Crippen MR) is 126 cm³/mol. The van der Waals surface area contributed by atoms with Crippen LogP contribution in [0.2, 0.25) is 0 Å². The number of rotatable bonds is 2. The molecule has 0 amide bonds. The van der Waals surface area contributed by atoms with E-state index in [0.717, 1.165) is 21.2 Å². The van der Waals surface area contributed by atoms with Gasteiger partial charge in [0.1, 0.15) is 8.98 Å². The molecule has 0 saturated carbocycles. The second-order valence-corrected chi connectivity index (χ2v) is 17.1. The molecule has 2 aromatic carbocycles. The van der Waals surface area contributed by atoms with Gasteiger partial charge in [-0.15, -0.1) is 0 Å². The van der Waals surface area contributed by atoms with Crippen molar-refractivity contribution < 1.29 is 5.11 Å². The van der Waals surface area contributed by atoms with E-state index in [0.29, 0.717) is 8.95 Å². The van der Waals surface area contributed by atoms with E-state index in [1.165, 1.54) is 0 Å². The fraction of sp³-hybridized carbons (Fsp3) is 0.143. The summed E-state index contributed by atoms with van der Waals surface area (Å²) in [5.74, 6) is 0.113. The van der Waals surface area contributed by atoms with Crippen molar-refractivity contribution in [2.24, 2.45) is 0 Å². The molecule has 9 heteroatoms. The number of alkyl halides is 5. The summed E-state index contributed by atoms with van der Waals surface area (Å²) in [5, 5.41) is 10.6. The molecule has 0 spiro atoms. The summed E-state index contributed by atoms with van der Waals surface area (Å²) in [7, 11) is 0. The molecule has 0 saturated heterocycles. The van der Waals surface area contributed by atoms with E-state index in [4.69, 9.17) is 0 Å². The van der Waals surface area contributed by atoms with E-state index in [-0.39, 0.29) is 5.75 Å². The Hall–Kier alpha value is 2.08. The molecule has 124 valence electrons. The number of benzene rings is 2. The fourth-order valence-electron chi connectivity index (χ4n) is 1.93. The molecule has 0 aromatic heterocycles. The summed E-state index contributed by atoms with van der Waals surface area (Å²) >= 11 is 28.6. The van der Waals surface area contributed by atoms with Gasteiger partial charge < -0.3 is 5.11 Å². The molecule has 2 rings (SSSR count). The predicted octanol–water partition coefficient (Wildman–Crippen LogP) is 9.13. The van der Waals surface area contributed by atoms with Crippen LogP contribution >= 0.6 is 127 Å². The standard InChI is InChI=1S/C14H6Br8O/c15-9-7(6-4-2-1-3-5-6)10(16)12(23)11(17)8(9)13(18,19)14(20,21)22/h1-5,23H. The summed E-state index contributed by atoms with van der Waals surface area (Å²) in [6.07, 6.45) is 0. The van der Waals surface area contributed by atoms with E-state index in [1.807, 2.05) is 30.3 Å². The van der Waals surface area contributed by atoms with Gasteiger partial charge in [0.25, 0.3) is 0 Å². The first-order chi connectivity index (χ1) is 10.5. The van der Waals surface area contributed by atoms with Crippen LogP contribution < -0.4 is 0 Å². The average Bonchev–Trinajstić information content (AvgIpc) is 2.45. The van der Waals surface area contributed by atoms with Crippen molar-refractivity contribution in [3.63, 3.8) is 0 Å². The van der Waals surface area contributed by atoms with Crippen molar-refractivity contribution in [3.8, 4) is 16.9 Å². The van der Waals surface area contributed by atoms with Gasteiger partial charge in [-0.05, 0) is 53.4 Å². The van der Waals surface area contributed by atoms with Gasteiger partial charge in [-0.2, -0.15) is 0 Å². The highest BCUT2D eigenvalue weighted by Crippen LogP contribution is 2.64. The summed E-state index contributed by atoms with van der Waals surface area (Å²) in [6, 6.07) is 9.81. The highest BCUT2D eigenvalue weighted by molar-refractivity contribution is 9.41. The van der Waals surface area contributed by atoms with E-state index < -0.39 is 5.38 Å². The fourth-order valence-corrected chi connectivity index (χ4v) is 7.42. The van der Waals surface area contributed by atoms with E-state index in [2.05, 4.69) is 127 Å². The minimum Gasteiger partial charge on any atom is -0.506 e. The number of phenolic OH excluding ortho intramolecular Hbond substituents is 1. The van der Waals surface area contributed by atoms with Gasteiger partial charge in [0.05, 0.1) is 8.95 Å². The molecule has 0 unspecified atom stereocenters. The van der Waals surface area contributed by atoms with Gasteiger partial charge in [-0.25, -0.2) is 0 Å². The van der Waals surface area contributed by atoms with Crippen LogP contribution in [0.25, 0.3) is 11.1 Å². The van der Waals surface area contributed by atoms with Crippen LogP contribution in [0.4, 0.5) is 0 Å². The highest BCUT2D eigenvalue weighted by Gasteiger charge is 2.48. The zero-order chi connectivity index (χ0) is 17.6. The zero-order valence-electron chi connectivity index (χ0n) is 10.9. The van der Waals surface area contributed by atoms with E-state index >= 15 is 0 Å². The lowest BCUT2D eigenvalue weighted by molar-refractivity contribution is 0.467. The lowest BCUT2D eigenvalue weighted by Crippen LogP contribution is -2.27. The molecule has 0 fully saturated rings. The molecule has 2 aromatic rings. The molecule has 23 heavy (non-hydrogen) atoms. The summed E-state index contributed by atoms with van der Waals surface area (Å²) in [6.45, 7) is 0. The monoisotopic (exact) mass is 821 g/mol. The quantitative estimate of drug-likeness (QED) is 0.300. The maximum atomic E-state index is 10.6. The van der Waals surface area contributed by atoms with Gasteiger partial charge in [0.2, 0.25) is 0 Å². The van der Waals surface area contributed by atoms with Gasteiger partial charge in [-0.3, -0.25) is 0 Å². The van der Waals surface area contributed by atoms with Gasteiger partial charge >= 0.3 is 0 Å². The molecule has 0 radical (unpaired) electrons. The second-order valence-electron chi connectivity index (χ2n) is 4.48. The Morgan fingerprint density at radius 3 is 1.74 bits per heavy atom. The van der Waals surface area contributed by atoms with Crippen molar-refractivity contribution in [3.05, 3.63) is 49.3 Å². The number of halogens is 8. The molecule has 0 heterocycles. The van der Waals surface area contributed by atoms with Crippen molar-refractivity contribution in [1.82, 2.24) is 0 Å². The van der Waals surface area contributed by atoms with Crippen LogP contribution in [-0.2, 0) is 3.23 Å². The van der Waals surface area contributed by atoms with Crippen molar-refractivity contribution >= 4 is 127 Å². The van der Waals surface area contributed by atoms with Crippen LogP contribution in [0.15, 0.2) is 43.7 Å². The zero-order valence-corrected chi connectivity index (χ0v) is 23.5. The van der Waals surface area contributed by atoms with Gasteiger partial charge in [-0.1, -0.05) is 110 Å². The van der Waals surface area contributed by atoms with Crippen LogP contribution in [0, 0.1) is 0 Å². The molecule has 0 bridgehead atoms. The van der Waals surface area contributed by atoms with Crippen molar-refractivity contribution in [1.29, 1.82) is 0 Å². The third kappa shape index (κ3) is 4.17. The van der Waals surface area contributed by atoms with Gasteiger partial charge in [0, 0.05) is 15.6 Å². The Kier molecular flexibility index (Phi) is 7.42. The lowest BCUT2D eigenvalue weighted by Gasteiger charge is -2.33.